The van der Waals surface area contributed by atoms with Crippen molar-refractivity contribution >= 4 is 11.6 Å². The van der Waals surface area contributed by atoms with Crippen LogP contribution in [-0.2, 0) is 0 Å². The minimum absolute atomic E-state index is 0.392. The summed E-state index contributed by atoms with van der Waals surface area (Å²) in [6, 6.07) is 9.10. The lowest BCUT2D eigenvalue weighted by molar-refractivity contribution is 0.436. The molecule has 1 aromatic rings. The normalized spacial score (nSPS) is 14.3. The fraction of sp³-hybridized carbons (Fsp3) is 0.647. The fourth-order valence-electron chi connectivity index (χ4n) is 2.41. The van der Waals surface area contributed by atoms with E-state index < -0.39 is 0 Å². The predicted molar refractivity (Wildman–Crippen MR) is 85.8 cm³/mol. The Morgan fingerprint density at radius 3 is 2.26 bits per heavy atom. The maximum Gasteiger partial charge on any atom is 0.0406 e. The van der Waals surface area contributed by atoms with E-state index in [1.54, 1.807) is 0 Å². The molecule has 19 heavy (non-hydrogen) atoms. The third-order valence-corrected chi connectivity index (χ3v) is 3.90. The van der Waals surface area contributed by atoms with Crippen LogP contribution in [0.25, 0.3) is 0 Å². The first-order chi connectivity index (χ1) is 9.13. The predicted octanol–water partition coefficient (Wildman–Crippen LogP) is 5.74. The number of rotatable bonds is 9. The van der Waals surface area contributed by atoms with E-state index in [1.807, 2.05) is 12.1 Å². The highest BCUT2D eigenvalue weighted by molar-refractivity contribution is 6.30. The zero-order valence-electron chi connectivity index (χ0n) is 12.6. The van der Waals surface area contributed by atoms with E-state index in [1.165, 1.54) is 44.1 Å². The highest BCUT2D eigenvalue weighted by Gasteiger charge is 2.09. The molecule has 1 unspecified atom stereocenters. The molecule has 0 saturated carbocycles. The van der Waals surface area contributed by atoms with E-state index >= 15 is 0 Å². The van der Waals surface area contributed by atoms with Gasteiger partial charge in [-0.15, -0.1) is 0 Å². The molecule has 0 aliphatic heterocycles. The van der Waals surface area contributed by atoms with Crippen molar-refractivity contribution in [2.75, 3.05) is 0 Å². The van der Waals surface area contributed by atoms with Gasteiger partial charge in [0.2, 0.25) is 0 Å². The molecule has 0 saturated heterocycles. The molecule has 0 aliphatic carbocycles. The molecule has 1 rings (SSSR count). The van der Waals surface area contributed by atoms with Gasteiger partial charge >= 0.3 is 0 Å². The maximum absolute atomic E-state index is 5.91. The lowest BCUT2D eigenvalue weighted by Gasteiger charge is -2.20. The molecular formula is C17H28ClN. The fourth-order valence-corrected chi connectivity index (χ4v) is 2.54. The van der Waals surface area contributed by atoms with Crippen LogP contribution in [0, 0.1) is 0 Å². The standard InChI is InChI=1S/C17H28ClN/c1-4-5-6-7-8-9-14(2)19-15(3)16-10-12-17(18)13-11-16/h10-15,19H,4-9H2,1-3H3/t14?,15-/m1/s1. The van der Waals surface area contributed by atoms with Gasteiger partial charge in [0.05, 0.1) is 0 Å². The third-order valence-electron chi connectivity index (χ3n) is 3.65. The van der Waals surface area contributed by atoms with Crippen LogP contribution >= 0.6 is 11.6 Å². The Morgan fingerprint density at radius 2 is 1.63 bits per heavy atom. The molecule has 0 radical (unpaired) electrons. The molecule has 0 amide bonds. The van der Waals surface area contributed by atoms with Gasteiger partial charge in [0.1, 0.15) is 0 Å². The van der Waals surface area contributed by atoms with E-state index in [2.05, 4.69) is 38.2 Å². The topological polar surface area (TPSA) is 12.0 Å². The number of hydrogen-bond donors (Lipinski definition) is 1. The van der Waals surface area contributed by atoms with Crippen LogP contribution < -0.4 is 5.32 Å². The van der Waals surface area contributed by atoms with E-state index in [4.69, 9.17) is 11.6 Å². The van der Waals surface area contributed by atoms with Crippen LogP contribution in [0.1, 0.15) is 70.9 Å². The molecular weight excluding hydrogens is 254 g/mol. The molecule has 1 nitrogen and oxygen atoms in total. The zero-order valence-corrected chi connectivity index (χ0v) is 13.3. The van der Waals surface area contributed by atoms with E-state index in [9.17, 15) is 0 Å². The van der Waals surface area contributed by atoms with Crippen molar-refractivity contribution in [2.45, 2.75) is 71.4 Å². The Morgan fingerprint density at radius 1 is 1.00 bits per heavy atom. The van der Waals surface area contributed by atoms with E-state index in [0.29, 0.717) is 12.1 Å². The maximum atomic E-state index is 5.91. The van der Waals surface area contributed by atoms with Crippen LogP contribution in [-0.4, -0.2) is 6.04 Å². The van der Waals surface area contributed by atoms with Crippen LogP contribution in [0.2, 0.25) is 5.02 Å². The minimum Gasteiger partial charge on any atom is -0.308 e. The molecule has 0 aromatic heterocycles. The molecule has 0 aliphatic rings. The smallest absolute Gasteiger partial charge is 0.0406 e. The second-order valence-electron chi connectivity index (χ2n) is 5.54. The van der Waals surface area contributed by atoms with Crippen LogP contribution in [0.4, 0.5) is 0 Å². The second kappa shape index (κ2) is 9.39. The largest absolute Gasteiger partial charge is 0.308 e. The van der Waals surface area contributed by atoms with Crippen LogP contribution in [0.15, 0.2) is 24.3 Å². The highest BCUT2D eigenvalue weighted by atomic mass is 35.5. The molecule has 1 N–H and O–H groups in total. The Bertz CT molecular complexity index is 334. The summed E-state index contributed by atoms with van der Waals surface area (Å²) in [5.41, 5.74) is 1.31. The molecule has 2 atom stereocenters. The van der Waals surface area contributed by atoms with E-state index in [-0.39, 0.29) is 0 Å². The van der Waals surface area contributed by atoms with Gasteiger partial charge in [0, 0.05) is 17.1 Å². The first-order valence-corrected chi connectivity index (χ1v) is 8.02. The summed E-state index contributed by atoms with van der Waals surface area (Å²) >= 11 is 5.91. The van der Waals surface area contributed by atoms with Gasteiger partial charge < -0.3 is 5.32 Å². The second-order valence-corrected chi connectivity index (χ2v) is 5.98. The Balaban J connectivity index is 2.23. The molecule has 0 bridgehead atoms. The Labute approximate surface area is 123 Å². The van der Waals surface area contributed by atoms with Crippen molar-refractivity contribution in [1.29, 1.82) is 0 Å². The summed E-state index contributed by atoms with van der Waals surface area (Å²) in [5, 5.41) is 4.47. The van der Waals surface area contributed by atoms with E-state index in [0.717, 1.165) is 5.02 Å². The van der Waals surface area contributed by atoms with Crippen LogP contribution in [0.3, 0.4) is 0 Å². The summed E-state index contributed by atoms with van der Waals surface area (Å²) in [7, 11) is 0. The number of nitrogens with one attached hydrogen (secondary N) is 1. The summed E-state index contributed by atoms with van der Waals surface area (Å²) in [4.78, 5) is 0. The van der Waals surface area contributed by atoms with Gasteiger partial charge in [0.15, 0.2) is 0 Å². The van der Waals surface area contributed by atoms with Crippen molar-refractivity contribution in [3.05, 3.63) is 34.9 Å². The monoisotopic (exact) mass is 281 g/mol. The quantitative estimate of drug-likeness (QED) is 0.569. The number of benzene rings is 1. The zero-order chi connectivity index (χ0) is 14.1. The number of halogens is 1. The SMILES string of the molecule is CCCCCCCC(C)N[C@H](C)c1ccc(Cl)cc1. The van der Waals surface area contributed by atoms with Crippen molar-refractivity contribution in [3.63, 3.8) is 0 Å². The van der Waals surface area contributed by atoms with Crippen molar-refractivity contribution in [2.24, 2.45) is 0 Å². The molecule has 108 valence electrons. The van der Waals surface area contributed by atoms with Gasteiger partial charge in [-0.2, -0.15) is 0 Å². The Kier molecular flexibility index (Phi) is 8.16. The first-order valence-electron chi connectivity index (χ1n) is 7.65. The average molecular weight is 282 g/mol. The molecule has 0 spiro atoms. The number of unbranched alkanes of at least 4 members (excludes halogenated alkanes) is 4. The van der Waals surface area contributed by atoms with Gasteiger partial charge in [-0.1, -0.05) is 62.8 Å². The summed E-state index contributed by atoms with van der Waals surface area (Å²) in [6.07, 6.45) is 8.05. The lowest BCUT2D eigenvalue weighted by atomic mass is 10.0. The Hall–Kier alpha value is -0.530. The summed E-state index contributed by atoms with van der Waals surface area (Å²) < 4.78 is 0. The summed E-state index contributed by atoms with van der Waals surface area (Å²) in [6.45, 7) is 6.76. The lowest BCUT2D eigenvalue weighted by Crippen LogP contribution is -2.28. The molecule has 2 heteroatoms. The summed E-state index contributed by atoms with van der Waals surface area (Å²) in [5.74, 6) is 0. The average Bonchev–Trinajstić information content (AvgIpc) is 2.39. The highest BCUT2D eigenvalue weighted by Crippen LogP contribution is 2.17. The van der Waals surface area contributed by atoms with Gasteiger partial charge in [0.25, 0.3) is 0 Å². The minimum atomic E-state index is 0.392. The van der Waals surface area contributed by atoms with Crippen molar-refractivity contribution < 1.29 is 0 Å². The van der Waals surface area contributed by atoms with Crippen molar-refractivity contribution in [3.8, 4) is 0 Å². The molecule has 0 fully saturated rings. The number of hydrogen-bond acceptors (Lipinski definition) is 1. The molecule has 1 aromatic carbocycles. The van der Waals surface area contributed by atoms with Crippen LogP contribution in [0.5, 0.6) is 0 Å². The van der Waals surface area contributed by atoms with Crippen molar-refractivity contribution in [1.82, 2.24) is 5.32 Å². The van der Waals surface area contributed by atoms with Gasteiger partial charge in [-0.05, 0) is 38.0 Å². The van der Waals surface area contributed by atoms with Gasteiger partial charge in [-0.3, -0.25) is 0 Å². The molecule has 0 heterocycles. The van der Waals surface area contributed by atoms with Gasteiger partial charge in [-0.25, -0.2) is 0 Å². The third kappa shape index (κ3) is 6.98. The first kappa shape index (κ1) is 16.5.